The second kappa shape index (κ2) is 9.17. The Labute approximate surface area is 95.7 Å². The van der Waals surface area contributed by atoms with Crippen molar-refractivity contribution in [2.45, 2.75) is 59.5 Å². The van der Waals surface area contributed by atoms with Crippen LogP contribution < -0.4 is 0 Å². The molecular weight excluding hydrogens is 186 g/mol. The highest BCUT2D eigenvalue weighted by Gasteiger charge is 2.13. The molecule has 0 bridgehead atoms. The summed E-state index contributed by atoms with van der Waals surface area (Å²) in [4.78, 5) is 2.39. The van der Waals surface area contributed by atoms with Crippen molar-refractivity contribution in [1.82, 2.24) is 4.90 Å². The van der Waals surface area contributed by atoms with Crippen LogP contribution in [-0.2, 0) is 0 Å². The first kappa shape index (κ1) is 14.9. The quantitative estimate of drug-likeness (QED) is 0.639. The van der Waals surface area contributed by atoms with Crippen LogP contribution in [0.25, 0.3) is 0 Å². The summed E-state index contributed by atoms with van der Waals surface area (Å²) in [6.07, 6.45) is 4.36. The first-order valence-corrected chi connectivity index (χ1v) is 6.58. The number of likely N-dealkylation sites (N-methyl/N-ethyl adjacent to an activating group) is 1. The Kier molecular flexibility index (Phi) is 9.12. The molecule has 0 aromatic carbocycles. The third-order valence-corrected chi connectivity index (χ3v) is 3.21. The minimum absolute atomic E-state index is 0.135. The molecule has 0 aliphatic heterocycles. The van der Waals surface area contributed by atoms with Crippen LogP contribution in [0.3, 0.4) is 0 Å². The zero-order chi connectivity index (χ0) is 11.7. The van der Waals surface area contributed by atoms with Gasteiger partial charge in [-0.1, -0.05) is 47.0 Å². The first-order chi connectivity index (χ1) is 7.17. The van der Waals surface area contributed by atoms with Crippen LogP contribution in [0.15, 0.2) is 0 Å². The fraction of sp³-hybridized carbons (Fsp3) is 1.00. The predicted octanol–water partition coefficient (Wildman–Crippen LogP) is 2.91. The smallest absolute Gasteiger partial charge is 0.0667 e. The Morgan fingerprint density at radius 3 is 2.00 bits per heavy atom. The molecule has 92 valence electrons. The van der Waals surface area contributed by atoms with Crippen LogP contribution in [0.4, 0.5) is 0 Å². The van der Waals surface area contributed by atoms with Crippen molar-refractivity contribution in [1.29, 1.82) is 0 Å². The largest absolute Gasteiger partial charge is 0.392 e. The number of hydrogen-bond donors (Lipinski definition) is 1. The molecule has 0 aliphatic carbocycles. The zero-order valence-corrected chi connectivity index (χ0v) is 11.0. The van der Waals surface area contributed by atoms with Gasteiger partial charge in [0.1, 0.15) is 0 Å². The van der Waals surface area contributed by atoms with Crippen LogP contribution in [0.2, 0.25) is 0 Å². The van der Waals surface area contributed by atoms with Gasteiger partial charge in [-0.05, 0) is 18.9 Å². The minimum atomic E-state index is -0.135. The normalized spacial score (nSPS) is 13.8. The summed E-state index contributed by atoms with van der Waals surface area (Å²) < 4.78 is 0. The molecule has 0 rings (SSSR count). The van der Waals surface area contributed by atoms with Crippen LogP contribution >= 0.6 is 0 Å². The van der Waals surface area contributed by atoms with Crippen LogP contribution in [-0.4, -0.2) is 35.7 Å². The lowest BCUT2D eigenvalue weighted by atomic mass is 10.0. The van der Waals surface area contributed by atoms with Gasteiger partial charge >= 0.3 is 0 Å². The van der Waals surface area contributed by atoms with Gasteiger partial charge in [0.05, 0.1) is 6.10 Å². The number of nitrogens with zero attached hydrogens (tertiary/aromatic N) is 1. The van der Waals surface area contributed by atoms with E-state index in [0.717, 1.165) is 38.4 Å². The lowest BCUT2D eigenvalue weighted by molar-refractivity contribution is 0.0974. The van der Waals surface area contributed by atoms with E-state index in [1.807, 2.05) is 0 Å². The van der Waals surface area contributed by atoms with E-state index in [1.165, 1.54) is 12.8 Å². The van der Waals surface area contributed by atoms with E-state index in [9.17, 15) is 5.11 Å². The highest BCUT2D eigenvalue weighted by Crippen LogP contribution is 2.10. The molecule has 0 aromatic rings. The summed E-state index contributed by atoms with van der Waals surface area (Å²) >= 11 is 0. The van der Waals surface area contributed by atoms with Crippen molar-refractivity contribution in [3.8, 4) is 0 Å². The summed E-state index contributed by atoms with van der Waals surface area (Å²) in [5, 5.41) is 9.77. The molecule has 0 aromatic heterocycles. The van der Waals surface area contributed by atoms with E-state index in [0.29, 0.717) is 0 Å². The van der Waals surface area contributed by atoms with Gasteiger partial charge in [-0.15, -0.1) is 0 Å². The van der Waals surface area contributed by atoms with Crippen molar-refractivity contribution in [3.63, 3.8) is 0 Å². The number of hydrogen-bond acceptors (Lipinski definition) is 2. The Balaban J connectivity index is 3.90. The van der Waals surface area contributed by atoms with Gasteiger partial charge in [0.15, 0.2) is 0 Å². The van der Waals surface area contributed by atoms with Crippen LogP contribution in [0.1, 0.15) is 53.4 Å². The molecule has 1 atom stereocenters. The standard InChI is InChI=1S/C13H29NO/c1-5-9-13(15)11-14(8-4)10-12(6-2)7-3/h12-13,15H,5-11H2,1-4H3. The van der Waals surface area contributed by atoms with Crippen molar-refractivity contribution in [3.05, 3.63) is 0 Å². The van der Waals surface area contributed by atoms with Crippen LogP contribution in [0, 0.1) is 5.92 Å². The molecule has 0 heterocycles. The lowest BCUT2D eigenvalue weighted by Crippen LogP contribution is -2.35. The van der Waals surface area contributed by atoms with E-state index in [4.69, 9.17) is 0 Å². The fourth-order valence-electron chi connectivity index (χ4n) is 1.97. The summed E-state index contributed by atoms with van der Waals surface area (Å²) in [5.41, 5.74) is 0. The predicted molar refractivity (Wildman–Crippen MR) is 67.1 cm³/mol. The Morgan fingerprint density at radius 1 is 1.00 bits per heavy atom. The van der Waals surface area contributed by atoms with Gasteiger partial charge in [-0.25, -0.2) is 0 Å². The van der Waals surface area contributed by atoms with Crippen molar-refractivity contribution in [2.75, 3.05) is 19.6 Å². The van der Waals surface area contributed by atoms with E-state index < -0.39 is 0 Å². The van der Waals surface area contributed by atoms with Gasteiger partial charge in [-0.2, -0.15) is 0 Å². The summed E-state index contributed by atoms with van der Waals surface area (Å²) in [6, 6.07) is 0. The second-order valence-electron chi connectivity index (χ2n) is 4.48. The molecule has 0 saturated heterocycles. The van der Waals surface area contributed by atoms with Crippen LogP contribution in [0.5, 0.6) is 0 Å². The molecule has 0 saturated carbocycles. The number of aliphatic hydroxyl groups excluding tert-OH is 1. The van der Waals surface area contributed by atoms with Crippen molar-refractivity contribution < 1.29 is 5.11 Å². The zero-order valence-electron chi connectivity index (χ0n) is 11.0. The van der Waals surface area contributed by atoms with E-state index in [1.54, 1.807) is 0 Å². The summed E-state index contributed by atoms with van der Waals surface area (Å²) in [5.74, 6) is 0.791. The molecule has 2 heteroatoms. The summed E-state index contributed by atoms with van der Waals surface area (Å²) in [7, 11) is 0. The van der Waals surface area contributed by atoms with E-state index in [2.05, 4.69) is 32.6 Å². The maximum atomic E-state index is 9.77. The molecule has 0 fully saturated rings. The monoisotopic (exact) mass is 215 g/mol. The maximum absolute atomic E-state index is 9.77. The second-order valence-corrected chi connectivity index (χ2v) is 4.48. The van der Waals surface area contributed by atoms with Crippen molar-refractivity contribution in [2.24, 2.45) is 5.92 Å². The number of rotatable bonds is 9. The number of aliphatic hydroxyl groups is 1. The van der Waals surface area contributed by atoms with Gasteiger partial charge in [0, 0.05) is 13.1 Å². The first-order valence-electron chi connectivity index (χ1n) is 6.58. The molecule has 0 amide bonds. The Bertz CT molecular complexity index is 134. The van der Waals surface area contributed by atoms with Crippen molar-refractivity contribution >= 4 is 0 Å². The third kappa shape index (κ3) is 6.91. The maximum Gasteiger partial charge on any atom is 0.0667 e. The Hall–Kier alpha value is -0.0800. The average Bonchev–Trinajstić information content (AvgIpc) is 2.24. The average molecular weight is 215 g/mol. The molecule has 15 heavy (non-hydrogen) atoms. The van der Waals surface area contributed by atoms with E-state index >= 15 is 0 Å². The molecule has 0 spiro atoms. The topological polar surface area (TPSA) is 23.5 Å². The lowest BCUT2D eigenvalue weighted by Gasteiger charge is -2.27. The molecule has 1 N–H and O–H groups in total. The summed E-state index contributed by atoms with van der Waals surface area (Å²) in [6.45, 7) is 11.9. The van der Waals surface area contributed by atoms with Gasteiger partial charge in [0.25, 0.3) is 0 Å². The third-order valence-electron chi connectivity index (χ3n) is 3.21. The van der Waals surface area contributed by atoms with Gasteiger partial charge < -0.3 is 10.0 Å². The fourth-order valence-corrected chi connectivity index (χ4v) is 1.97. The molecule has 0 aliphatic rings. The molecule has 2 nitrogen and oxygen atoms in total. The van der Waals surface area contributed by atoms with E-state index in [-0.39, 0.29) is 6.10 Å². The molecule has 0 radical (unpaired) electrons. The van der Waals surface area contributed by atoms with Gasteiger partial charge in [0.2, 0.25) is 0 Å². The highest BCUT2D eigenvalue weighted by atomic mass is 16.3. The Morgan fingerprint density at radius 2 is 1.60 bits per heavy atom. The SMILES string of the molecule is CCCC(O)CN(CC)CC(CC)CC. The highest BCUT2D eigenvalue weighted by molar-refractivity contribution is 4.67. The van der Waals surface area contributed by atoms with Gasteiger partial charge in [-0.3, -0.25) is 0 Å². The molecule has 1 unspecified atom stereocenters. The minimum Gasteiger partial charge on any atom is -0.392 e. The molecular formula is C13H29NO.